The van der Waals surface area contributed by atoms with Crippen molar-refractivity contribution in [1.29, 1.82) is 0 Å². The van der Waals surface area contributed by atoms with Crippen molar-refractivity contribution in [3.8, 4) is 21.1 Å². The zero-order chi connectivity index (χ0) is 27.5. The molecule has 0 unspecified atom stereocenters. The predicted octanol–water partition coefficient (Wildman–Crippen LogP) is 12.2. The molecule has 3 aromatic carbocycles. The quantitative estimate of drug-likeness (QED) is 0.100. The van der Waals surface area contributed by atoms with E-state index < -0.39 is 0 Å². The Balaban J connectivity index is 1.94. The summed E-state index contributed by atoms with van der Waals surface area (Å²) in [5, 5.41) is 22.7. The second-order valence-electron chi connectivity index (χ2n) is 8.26. The van der Waals surface area contributed by atoms with Crippen LogP contribution in [-0.2, 0) is 12.8 Å². The first kappa shape index (κ1) is 29.1. The van der Waals surface area contributed by atoms with E-state index in [1.54, 1.807) is 0 Å². The lowest BCUT2D eigenvalue weighted by molar-refractivity contribution is 0.879. The predicted molar refractivity (Wildman–Crippen MR) is 167 cm³/mol. The number of nitrogens with zero attached hydrogens (tertiary/aromatic N) is 4. The molecule has 2 aromatic heterocycles. The van der Waals surface area contributed by atoms with E-state index in [2.05, 4.69) is 34.2 Å². The lowest BCUT2D eigenvalue weighted by Crippen LogP contribution is -1.94. The summed E-state index contributed by atoms with van der Waals surface area (Å²) in [6.07, 6.45) is 3.36. The summed E-state index contributed by atoms with van der Waals surface area (Å²) in [4.78, 5) is 0. The Morgan fingerprint density at radius 2 is 0.868 bits per heavy atom. The first-order chi connectivity index (χ1) is 18.1. The van der Waals surface area contributed by atoms with Gasteiger partial charge in [0, 0.05) is 39.9 Å². The number of hydrogen-bond acceptors (Lipinski definition) is 6. The fourth-order valence-corrected chi connectivity index (χ4v) is 8.73. The molecule has 0 atom stereocenters. The van der Waals surface area contributed by atoms with Gasteiger partial charge in [-0.2, -0.15) is 0 Å². The summed E-state index contributed by atoms with van der Waals surface area (Å²) in [5.41, 5.74) is 0.859. The van der Waals surface area contributed by atoms with Crippen LogP contribution in [0.4, 0.5) is 0 Å². The molecular weight excluding hydrogens is 692 g/mol. The fourth-order valence-electron chi connectivity index (χ4n) is 4.16. The highest BCUT2D eigenvalue weighted by Gasteiger charge is 2.30. The molecule has 38 heavy (non-hydrogen) atoms. The molecule has 5 rings (SSSR count). The monoisotopic (exact) mass is 702 g/mol. The number of halogens is 8. The van der Waals surface area contributed by atoms with E-state index in [-0.39, 0.29) is 40.2 Å². The van der Waals surface area contributed by atoms with Gasteiger partial charge in [-0.3, -0.25) is 0 Å². The minimum atomic E-state index is 0.100. The fraction of sp³-hybridized carbons (Fsp3) is 0.250. The van der Waals surface area contributed by atoms with Crippen LogP contribution in [0.25, 0.3) is 42.7 Å². The van der Waals surface area contributed by atoms with E-state index in [4.69, 9.17) is 92.8 Å². The molecular formula is C24H14Cl8N4S2. The molecule has 0 N–H and O–H groups in total. The third-order valence-electron chi connectivity index (χ3n) is 5.82. The van der Waals surface area contributed by atoms with Gasteiger partial charge in [0.1, 0.15) is 15.0 Å². The van der Waals surface area contributed by atoms with Crippen molar-refractivity contribution >= 4 is 137 Å². The molecule has 0 bridgehead atoms. The molecule has 5 aromatic rings. The molecule has 0 aliphatic carbocycles. The Kier molecular flexibility index (Phi) is 8.80. The molecule has 0 spiro atoms. The van der Waals surface area contributed by atoms with Crippen LogP contribution >= 0.6 is 115 Å². The van der Waals surface area contributed by atoms with E-state index in [1.807, 2.05) is 0 Å². The second kappa shape index (κ2) is 11.5. The minimum Gasteiger partial charge on any atom is -0.143 e. The molecule has 198 valence electrons. The number of hydrogen-bond donors (Lipinski definition) is 0. The average molecular weight is 706 g/mol. The molecule has 0 fully saturated rings. The second-order valence-corrected chi connectivity index (χ2v) is 13.4. The zero-order valence-electron chi connectivity index (χ0n) is 19.5. The van der Waals surface area contributed by atoms with Crippen LogP contribution in [0.15, 0.2) is 0 Å². The minimum absolute atomic E-state index is 0.100. The van der Waals surface area contributed by atoms with Gasteiger partial charge >= 0.3 is 0 Å². The lowest BCUT2D eigenvalue weighted by Gasteiger charge is -2.19. The zero-order valence-corrected chi connectivity index (χ0v) is 27.1. The number of fused-ring (bicyclic) bond motifs is 3. The van der Waals surface area contributed by atoms with Gasteiger partial charge < -0.3 is 0 Å². The van der Waals surface area contributed by atoms with Crippen molar-refractivity contribution in [1.82, 2.24) is 20.4 Å². The topological polar surface area (TPSA) is 51.6 Å². The average Bonchev–Trinajstić information content (AvgIpc) is 3.54. The normalized spacial score (nSPS) is 11.8. The van der Waals surface area contributed by atoms with Gasteiger partial charge in [-0.25, -0.2) is 0 Å². The van der Waals surface area contributed by atoms with Crippen molar-refractivity contribution in [3.63, 3.8) is 0 Å². The van der Waals surface area contributed by atoms with Crippen LogP contribution in [0.1, 0.15) is 36.7 Å². The molecule has 0 aliphatic heterocycles. The molecule has 0 radical (unpaired) electrons. The summed E-state index contributed by atoms with van der Waals surface area (Å²) in [7, 11) is 0. The molecule has 0 aliphatic rings. The number of aryl methyl sites for hydroxylation is 2. The maximum Gasteiger partial charge on any atom is 0.150 e. The lowest BCUT2D eigenvalue weighted by atomic mass is 9.96. The Labute approximate surface area is 266 Å². The number of benzene rings is 3. The molecule has 14 heteroatoms. The number of aromatic nitrogens is 4. The van der Waals surface area contributed by atoms with Gasteiger partial charge in [-0.15, -0.1) is 20.4 Å². The van der Waals surface area contributed by atoms with Crippen LogP contribution in [0.5, 0.6) is 0 Å². The van der Waals surface area contributed by atoms with E-state index >= 15 is 0 Å². The van der Waals surface area contributed by atoms with Gasteiger partial charge in [0.25, 0.3) is 0 Å². The van der Waals surface area contributed by atoms with E-state index in [0.29, 0.717) is 42.7 Å². The van der Waals surface area contributed by atoms with Crippen LogP contribution in [0.3, 0.4) is 0 Å². The molecule has 0 amide bonds. The summed E-state index contributed by atoms with van der Waals surface area (Å²) >= 11 is 57.5. The van der Waals surface area contributed by atoms with Gasteiger partial charge in [0.2, 0.25) is 0 Å². The summed E-state index contributed by atoms with van der Waals surface area (Å²) in [6, 6.07) is 0. The maximum atomic E-state index is 6.97. The van der Waals surface area contributed by atoms with Crippen LogP contribution in [0, 0.1) is 0 Å². The van der Waals surface area contributed by atoms with E-state index in [1.165, 1.54) is 22.7 Å². The smallest absolute Gasteiger partial charge is 0.143 e. The van der Waals surface area contributed by atoms with Gasteiger partial charge in [0.05, 0.1) is 45.7 Å². The Hall–Kier alpha value is -0.380. The van der Waals surface area contributed by atoms with Crippen molar-refractivity contribution in [2.24, 2.45) is 0 Å². The summed E-state index contributed by atoms with van der Waals surface area (Å²) < 4.78 is 0. The highest BCUT2D eigenvalue weighted by atomic mass is 35.5. The van der Waals surface area contributed by atoms with Crippen molar-refractivity contribution in [3.05, 3.63) is 50.2 Å². The third kappa shape index (κ3) is 4.67. The van der Waals surface area contributed by atoms with Crippen LogP contribution in [0.2, 0.25) is 40.2 Å². The summed E-state index contributed by atoms with van der Waals surface area (Å²) in [6.45, 7) is 4.12. The Bertz CT molecular complexity index is 1750. The Morgan fingerprint density at radius 3 is 1.42 bits per heavy atom. The number of rotatable bonds is 6. The highest BCUT2D eigenvalue weighted by molar-refractivity contribution is 7.15. The molecule has 4 nitrogen and oxygen atoms in total. The van der Waals surface area contributed by atoms with Crippen LogP contribution < -0.4 is 0 Å². The molecule has 0 saturated carbocycles. The van der Waals surface area contributed by atoms with Crippen molar-refractivity contribution < 1.29 is 0 Å². The standard InChI is InChI=1S/C24H14Cl8N4S2/c1-3-5-7-33-35-23(37-7)13-11-9(18(28)22(32)20(13)30)10-12(19(29)17(11)27)15(25)14(21(31)16(10)26)24-36-34-8(38-24)6-4-2/h3-6H2,1-2H3. The van der Waals surface area contributed by atoms with Crippen LogP contribution in [-0.4, -0.2) is 20.4 Å². The SMILES string of the molecule is CCCc1nnc(-c2c(Cl)c(Cl)c3c(c2Cl)c(Cl)c(Cl)c2c(-c4nnc(CCC)s4)c(Cl)c(Cl)c(Cl)c23)s1. The van der Waals surface area contributed by atoms with Gasteiger partial charge in [-0.1, -0.05) is 129 Å². The third-order valence-corrected chi connectivity index (χ3v) is 11.2. The summed E-state index contributed by atoms with van der Waals surface area (Å²) in [5.74, 6) is 0. The maximum absolute atomic E-state index is 6.97. The Morgan fingerprint density at radius 1 is 0.447 bits per heavy atom. The van der Waals surface area contributed by atoms with Crippen molar-refractivity contribution in [2.45, 2.75) is 39.5 Å². The van der Waals surface area contributed by atoms with E-state index in [9.17, 15) is 0 Å². The molecule has 0 saturated heterocycles. The first-order valence-electron chi connectivity index (χ1n) is 11.2. The largest absolute Gasteiger partial charge is 0.150 e. The first-order valence-corrected chi connectivity index (χ1v) is 15.9. The molecule has 2 heterocycles. The van der Waals surface area contributed by atoms with Gasteiger partial charge in [0.15, 0.2) is 5.01 Å². The van der Waals surface area contributed by atoms with E-state index in [0.717, 1.165) is 35.7 Å². The van der Waals surface area contributed by atoms with Gasteiger partial charge in [-0.05, 0) is 12.8 Å². The highest BCUT2D eigenvalue weighted by Crippen LogP contribution is 2.57. The van der Waals surface area contributed by atoms with Crippen molar-refractivity contribution in [2.75, 3.05) is 0 Å².